The molecule has 3 aromatic rings. The Labute approximate surface area is 124 Å². The predicted octanol–water partition coefficient (Wildman–Crippen LogP) is 5.33. The van der Waals surface area contributed by atoms with Crippen LogP contribution in [0.5, 0.6) is 0 Å². The Morgan fingerprint density at radius 2 is 1.10 bits per heavy atom. The lowest BCUT2D eigenvalue weighted by Gasteiger charge is -2.24. The summed E-state index contributed by atoms with van der Waals surface area (Å²) in [7, 11) is 0. The lowest BCUT2D eigenvalue weighted by Crippen LogP contribution is -2.05. The van der Waals surface area contributed by atoms with Crippen molar-refractivity contribution in [3.8, 4) is 0 Å². The van der Waals surface area contributed by atoms with Gasteiger partial charge in [-0.2, -0.15) is 0 Å². The molecule has 0 atom stereocenters. The number of hydrogen-bond acceptors (Lipinski definition) is 1. The molecule has 0 aromatic heterocycles. The normalized spacial score (nSPS) is 12.1. The first-order valence-corrected chi connectivity index (χ1v) is 7.14. The summed E-state index contributed by atoms with van der Waals surface area (Å²) < 4.78 is 0. The first kappa shape index (κ1) is 12.0. The molecular weight excluding hydrogens is 254 g/mol. The lowest BCUT2D eigenvalue weighted by molar-refractivity contribution is 1.44. The molecule has 1 heterocycles. The third-order valence-corrected chi connectivity index (χ3v) is 3.81. The van der Waals surface area contributed by atoms with Crippen LogP contribution in [-0.2, 0) is 0 Å². The maximum absolute atomic E-state index is 3.52. The molecule has 0 aliphatic carbocycles. The number of fused-ring (bicyclic) bond motifs is 2. The van der Waals surface area contributed by atoms with Crippen molar-refractivity contribution in [1.82, 2.24) is 0 Å². The molecule has 0 fully saturated rings. The van der Waals surface area contributed by atoms with E-state index in [4.69, 9.17) is 0 Å². The molecule has 0 saturated carbocycles. The standard InChI is InChI=1S/C20H15N/c1-2-8-15(9-3-1)14-18-16-10-4-6-12-19(16)21-20-13-7-5-11-17(18)20/h1-14,21H. The van der Waals surface area contributed by atoms with Gasteiger partial charge in [0.05, 0.1) is 0 Å². The van der Waals surface area contributed by atoms with Gasteiger partial charge in [0.25, 0.3) is 0 Å². The number of para-hydroxylation sites is 2. The van der Waals surface area contributed by atoms with E-state index in [1.807, 2.05) is 6.07 Å². The van der Waals surface area contributed by atoms with E-state index >= 15 is 0 Å². The molecule has 0 amide bonds. The molecule has 1 heteroatoms. The molecule has 1 aliphatic heterocycles. The number of hydrogen-bond donors (Lipinski definition) is 1. The fourth-order valence-corrected chi connectivity index (χ4v) is 2.82. The highest BCUT2D eigenvalue weighted by molar-refractivity contribution is 6.02. The molecule has 1 nitrogen and oxygen atoms in total. The van der Waals surface area contributed by atoms with Gasteiger partial charge in [-0.15, -0.1) is 0 Å². The summed E-state index contributed by atoms with van der Waals surface area (Å²) >= 11 is 0. The van der Waals surface area contributed by atoms with Crippen LogP contribution in [0.1, 0.15) is 16.7 Å². The van der Waals surface area contributed by atoms with Gasteiger partial charge in [-0.05, 0) is 29.3 Å². The molecular formula is C20H15N. The first-order valence-electron chi connectivity index (χ1n) is 7.14. The molecule has 1 aliphatic rings. The van der Waals surface area contributed by atoms with Crippen LogP contribution >= 0.6 is 0 Å². The lowest BCUT2D eigenvalue weighted by atomic mass is 9.90. The second kappa shape index (κ2) is 4.95. The monoisotopic (exact) mass is 269 g/mol. The highest BCUT2D eigenvalue weighted by Crippen LogP contribution is 2.41. The van der Waals surface area contributed by atoms with E-state index in [1.165, 1.54) is 33.6 Å². The minimum absolute atomic E-state index is 1.17. The summed E-state index contributed by atoms with van der Waals surface area (Å²) in [5.74, 6) is 0. The largest absolute Gasteiger partial charge is 0.355 e. The van der Waals surface area contributed by atoms with Crippen molar-refractivity contribution < 1.29 is 0 Å². The van der Waals surface area contributed by atoms with E-state index in [9.17, 15) is 0 Å². The van der Waals surface area contributed by atoms with E-state index in [2.05, 4.69) is 84.2 Å². The van der Waals surface area contributed by atoms with E-state index in [1.54, 1.807) is 0 Å². The van der Waals surface area contributed by atoms with Crippen LogP contribution in [0.15, 0.2) is 78.9 Å². The molecule has 0 radical (unpaired) electrons. The van der Waals surface area contributed by atoms with Crippen molar-refractivity contribution in [1.29, 1.82) is 0 Å². The second-order valence-electron chi connectivity index (χ2n) is 5.18. The zero-order chi connectivity index (χ0) is 14.1. The van der Waals surface area contributed by atoms with Gasteiger partial charge >= 0.3 is 0 Å². The highest BCUT2D eigenvalue weighted by Gasteiger charge is 2.18. The van der Waals surface area contributed by atoms with Gasteiger partial charge < -0.3 is 5.32 Å². The summed E-state index contributed by atoms with van der Waals surface area (Å²) in [6.07, 6.45) is 2.26. The maximum Gasteiger partial charge on any atom is 0.0464 e. The number of anilines is 2. The zero-order valence-corrected chi connectivity index (χ0v) is 11.6. The van der Waals surface area contributed by atoms with Crippen molar-refractivity contribution in [3.05, 3.63) is 95.6 Å². The first-order chi connectivity index (χ1) is 10.4. The van der Waals surface area contributed by atoms with E-state index < -0.39 is 0 Å². The van der Waals surface area contributed by atoms with Gasteiger partial charge in [-0.25, -0.2) is 0 Å². The molecule has 0 saturated heterocycles. The van der Waals surface area contributed by atoms with Crippen LogP contribution < -0.4 is 5.32 Å². The molecule has 1 N–H and O–H groups in total. The smallest absolute Gasteiger partial charge is 0.0464 e. The van der Waals surface area contributed by atoms with Crippen LogP contribution in [0, 0.1) is 0 Å². The number of nitrogens with one attached hydrogen (secondary N) is 1. The minimum atomic E-state index is 1.17. The molecule has 0 spiro atoms. The number of benzene rings is 3. The van der Waals surface area contributed by atoms with Crippen LogP contribution in [0.25, 0.3) is 11.6 Å². The van der Waals surface area contributed by atoms with E-state index in [0.29, 0.717) is 0 Å². The van der Waals surface area contributed by atoms with Gasteiger partial charge in [0.15, 0.2) is 0 Å². The third-order valence-electron chi connectivity index (χ3n) is 3.81. The quantitative estimate of drug-likeness (QED) is 0.492. The van der Waals surface area contributed by atoms with Crippen LogP contribution in [0.2, 0.25) is 0 Å². The van der Waals surface area contributed by atoms with Gasteiger partial charge in [0.2, 0.25) is 0 Å². The summed E-state index contributed by atoms with van der Waals surface area (Å²) in [6, 6.07) is 27.4. The highest BCUT2D eigenvalue weighted by atomic mass is 14.9. The van der Waals surface area contributed by atoms with E-state index in [0.717, 1.165) is 0 Å². The predicted molar refractivity (Wildman–Crippen MR) is 89.6 cm³/mol. The Morgan fingerprint density at radius 1 is 0.571 bits per heavy atom. The Kier molecular flexibility index (Phi) is 2.82. The zero-order valence-electron chi connectivity index (χ0n) is 11.6. The summed E-state index contributed by atoms with van der Waals surface area (Å²) in [5, 5.41) is 3.52. The summed E-state index contributed by atoms with van der Waals surface area (Å²) in [6.45, 7) is 0. The Balaban J connectivity index is 1.96. The van der Waals surface area contributed by atoms with Gasteiger partial charge in [-0.1, -0.05) is 66.7 Å². The van der Waals surface area contributed by atoms with Gasteiger partial charge in [0.1, 0.15) is 0 Å². The molecule has 3 aromatic carbocycles. The van der Waals surface area contributed by atoms with Crippen LogP contribution in [0.4, 0.5) is 11.4 Å². The average molecular weight is 269 g/mol. The van der Waals surface area contributed by atoms with Crippen molar-refractivity contribution in [2.75, 3.05) is 5.32 Å². The van der Waals surface area contributed by atoms with Gasteiger partial charge in [-0.3, -0.25) is 0 Å². The topological polar surface area (TPSA) is 12.0 Å². The SMILES string of the molecule is C(=C1c2ccccc2Nc2ccccc21)c1ccccc1. The molecule has 0 unspecified atom stereocenters. The average Bonchev–Trinajstić information content (AvgIpc) is 2.55. The van der Waals surface area contributed by atoms with Crippen molar-refractivity contribution in [2.24, 2.45) is 0 Å². The van der Waals surface area contributed by atoms with Crippen molar-refractivity contribution in [3.63, 3.8) is 0 Å². The van der Waals surface area contributed by atoms with Crippen molar-refractivity contribution in [2.45, 2.75) is 0 Å². The van der Waals surface area contributed by atoms with Gasteiger partial charge in [0, 0.05) is 22.5 Å². The maximum atomic E-state index is 3.52. The fraction of sp³-hybridized carbons (Fsp3) is 0. The van der Waals surface area contributed by atoms with Crippen LogP contribution in [0.3, 0.4) is 0 Å². The number of rotatable bonds is 1. The minimum Gasteiger partial charge on any atom is -0.355 e. The summed E-state index contributed by atoms with van der Waals surface area (Å²) in [5.41, 5.74) is 7.32. The molecule has 21 heavy (non-hydrogen) atoms. The molecule has 100 valence electrons. The molecule has 4 rings (SSSR count). The Morgan fingerprint density at radius 3 is 1.71 bits per heavy atom. The van der Waals surface area contributed by atoms with Crippen LogP contribution in [-0.4, -0.2) is 0 Å². The second-order valence-corrected chi connectivity index (χ2v) is 5.18. The van der Waals surface area contributed by atoms with E-state index in [-0.39, 0.29) is 0 Å². The fourth-order valence-electron chi connectivity index (χ4n) is 2.82. The Bertz CT molecular complexity index is 769. The third kappa shape index (κ3) is 2.13. The molecule has 0 bridgehead atoms. The van der Waals surface area contributed by atoms with Crippen molar-refractivity contribution >= 4 is 23.0 Å². The summed E-state index contributed by atoms with van der Waals surface area (Å²) in [4.78, 5) is 0. The Hall–Kier alpha value is -2.80.